The van der Waals surface area contributed by atoms with Crippen molar-refractivity contribution in [2.75, 3.05) is 9.80 Å². The molecule has 1 aromatic heterocycles. The van der Waals surface area contributed by atoms with E-state index in [2.05, 4.69) is 80.3 Å². The van der Waals surface area contributed by atoms with Crippen molar-refractivity contribution in [1.82, 2.24) is 9.55 Å². The normalized spacial score (nSPS) is 11.8. The quantitative estimate of drug-likeness (QED) is 0.0744. The minimum atomic E-state index is -4.67. The number of carbonyl (C=O) groups is 2. The minimum Gasteiger partial charge on any atom is -1.00 e. The van der Waals surface area contributed by atoms with Gasteiger partial charge in [0, 0.05) is 23.8 Å². The first kappa shape index (κ1) is 65.1. The number of para-hydroxylation sites is 4. The van der Waals surface area contributed by atoms with Crippen molar-refractivity contribution in [3.8, 4) is 48.9 Å². The molecule has 4 aromatic carbocycles. The van der Waals surface area contributed by atoms with Crippen molar-refractivity contribution >= 4 is 61.7 Å². The Kier molecular flexibility index (Phi) is 32.4. The Morgan fingerprint density at radius 2 is 0.928 bits per heavy atom. The molecular formula is C51H65LiN4O10SSi2. The average Bonchev–Trinajstić information content (AvgIpc) is 3.82. The number of imidazole rings is 1. The van der Waals surface area contributed by atoms with Crippen molar-refractivity contribution in [3.63, 3.8) is 0 Å². The smallest absolute Gasteiger partial charge is 1.00 e. The van der Waals surface area contributed by atoms with E-state index in [1.165, 1.54) is 22.7 Å². The third kappa shape index (κ3) is 33.2. The Hall–Kier alpha value is -5.99. The van der Waals surface area contributed by atoms with Gasteiger partial charge in [-0.15, -0.1) is 19.3 Å². The fourth-order valence-electron chi connectivity index (χ4n) is 4.90. The third-order valence-corrected chi connectivity index (χ3v) is 9.46. The van der Waals surface area contributed by atoms with Gasteiger partial charge in [0.1, 0.15) is 30.7 Å². The van der Waals surface area contributed by atoms with Crippen molar-refractivity contribution in [2.24, 2.45) is 0 Å². The number of hydrogen-bond acceptors (Lipinski definition) is 9. The second kappa shape index (κ2) is 34.3. The van der Waals surface area contributed by atoms with Crippen LogP contribution in [0.4, 0.5) is 27.5 Å². The van der Waals surface area contributed by atoms with Crippen LogP contribution in [0.2, 0.25) is 39.3 Å². The van der Waals surface area contributed by atoms with Gasteiger partial charge in [0.05, 0.1) is 11.4 Å². The van der Waals surface area contributed by atoms with Gasteiger partial charge in [0.2, 0.25) is 0 Å². The number of benzene rings is 4. The number of nitrogens with zero attached hydrogens (tertiary/aromatic N) is 4. The van der Waals surface area contributed by atoms with Crippen LogP contribution in [0, 0.1) is 48.9 Å². The van der Waals surface area contributed by atoms with Crippen LogP contribution in [0.1, 0.15) is 29.1 Å². The Morgan fingerprint density at radius 1 is 0.623 bits per heavy atom. The molecule has 4 N–H and O–H groups in total. The Labute approximate surface area is 425 Å². The van der Waals surface area contributed by atoms with Gasteiger partial charge in [-0.3, -0.25) is 28.3 Å². The van der Waals surface area contributed by atoms with E-state index in [9.17, 15) is 14.7 Å². The molecule has 0 aliphatic rings. The van der Waals surface area contributed by atoms with E-state index in [1.54, 1.807) is 24.2 Å². The molecule has 4 atom stereocenters. The number of carbonyl (C=O) groups excluding carboxylic acids is 2. The van der Waals surface area contributed by atoms with Crippen molar-refractivity contribution in [3.05, 3.63) is 140 Å². The monoisotopic (exact) mass is 988 g/mol. The van der Waals surface area contributed by atoms with Crippen molar-refractivity contribution < 1.29 is 66.5 Å². The zero-order chi connectivity index (χ0) is 51.9. The molecule has 5 rings (SSSR count). The molecule has 0 saturated heterocycles. The molecule has 2 amide bonds. The first-order chi connectivity index (χ1) is 31.7. The molecule has 0 aliphatic carbocycles. The second-order valence-corrected chi connectivity index (χ2v) is 25.7. The van der Waals surface area contributed by atoms with Crippen LogP contribution in [0.25, 0.3) is 0 Å². The number of amides is 2. The molecule has 0 bridgehead atoms. The molecule has 364 valence electrons. The van der Waals surface area contributed by atoms with Gasteiger partial charge in [0.25, 0.3) is 0 Å². The first-order valence-corrected chi connectivity index (χ1v) is 29.1. The summed E-state index contributed by atoms with van der Waals surface area (Å²) >= 11 is 0. The maximum Gasteiger partial charge on any atom is 1.00 e. The zero-order valence-corrected chi connectivity index (χ0v) is 44.1. The molecule has 5 aromatic rings. The van der Waals surface area contributed by atoms with Crippen LogP contribution >= 0.6 is 0 Å². The zero-order valence-electron chi connectivity index (χ0n) is 42.3. The van der Waals surface area contributed by atoms with Gasteiger partial charge in [-0.2, -0.15) is 8.42 Å². The standard InChI is InChI=1S/C17H15NO2.C16H13N3O.2C7H14OSi.C4H6O.Li.H2O4S.H/c1-14(19)12-13-17(20)18(15-8-4-2-5-9-15)16-10-6-3-7-11-16;20-16(18-12-11-17-13-18)19(14-7-3-1-4-8-14)15-9-5-2-6-10-15;2*1-6-7(2)8-9(3,4)5;1-3-4(2)5;;1-5(2,3)4;/h2-11,14,19H,1H3;1-13H;2*1,7H,2-5H3;1,4-5H,2H3;;(H2,1,2,3,4);/q;;;;;+1;;-1/t14-;;2*7-;4-;;;/m1.111.../s1. The predicted molar refractivity (Wildman–Crippen MR) is 279 cm³/mol. The molecule has 0 aliphatic heterocycles. The number of aliphatic hydroxyl groups excluding tert-OH is 2. The topological polar surface area (TPSA) is 192 Å². The number of anilines is 4. The number of aliphatic hydroxyl groups is 2. The summed E-state index contributed by atoms with van der Waals surface area (Å²) in [6.07, 6.45) is 18.2. The van der Waals surface area contributed by atoms with E-state index in [-0.39, 0.29) is 44.4 Å². The van der Waals surface area contributed by atoms with E-state index in [0.717, 1.165) is 22.7 Å². The van der Waals surface area contributed by atoms with Gasteiger partial charge in [0.15, 0.2) is 16.6 Å². The molecule has 69 heavy (non-hydrogen) atoms. The fraction of sp³-hybridized carbons (Fsp3) is 0.275. The SMILES string of the molecule is C#C[C@@H](C)O.C#C[C@@H](C)O[Si](C)(C)C.C#C[C@@H](C)O[Si](C)(C)C.C[C@@H](O)C#CC(=O)N(c1ccccc1)c1ccccc1.O=C(N(c1ccccc1)c1ccccc1)n1ccnc1.O=S(=O)(O)O.[H-].[Li+]. The summed E-state index contributed by atoms with van der Waals surface area (Å²) in [5, 5.41) is 17.3. The summed E-state index contributed by atoms with van der Waals surface area (Å²) in [6.45, 7) is 19.6. The molecule has 0 fully saturated rings. The van der Waals surface area contributed by atoms with Crippen LogP contribution in [-0.2, 0) is 24.0 Å². The molecular weight excluding hydrogens is 924 g/mol. The molecule has 14 nitrogen and oxygen atoms in total. The van der Waals surface area contributed by atoms with Gasteiger partial charge < -0.3 is 20.5 Å². The number of rotatable bonds is 8. The number of terminal acetylenes is 3. The largest absolute Gasteiger partial charge is 1.00 e. The minimum absolute atomic E-state index is 0. The van der Waals surface area contributed by atoms with E-state index in [1.807, 2.05) is 135 Å². The van der Waals surface area contributed by atoms with Gasteiger partial charge in [-0.1, -0.05) is 96.5 Å². The van der Waals surface area contributed by atoms with Crippen LogP contribution in [0.3, 0.4) is 0 Å². The predicted octanol–water partition coefficient (Wildman–Crippen LogP) is 6.61. The van der Waals surface area contributed by atoms with Crippen LogP contribution in [0.15, 0.2) is 140 Å². The molecule has 1 heterocycles. The second-order valence-electron chi connectivity index (χ2n) is 15.9. The summed E-state index contributed by atoms with van der Waals surface area (Å²) in [5.74, 6) is 11.7. The Balaban J connectivity index is -0.000000834. The van der Waals surface area contributed by atoms with Crippen molar-refractivity contribution in [2.45, 2.75) is 91.4 Å². The number of aromatic nitrogens is 2. The molecule has 0 saturated carbocycles. The molecule has 18 heteroatoms. The summed E-state index contributed by atoms with van der Waals surface area (Å²) in [4.78, 5) is 32.1. The summed E-state index contributed by atoms with van der Waals surface area (Å²) < 4.78 is 44.0. The van der Waals surface area contributed by atoms with E-state index < -0.39 is 39.2 Å². The van der Waals surface area contributed by atoms with E-state index in [0.29, 0.717) is 0 Å². The maximum absolute atomic E-state index is 12.7. The van der Waals surface area contributed by atoms with Crippen LogP contribution < -0.4 is 28.7 Å². The van der Waals surface area contributed by atoms with Crippen molar-refractivity contribution in [1.29, 1.82) is 0 Å². The molecule has 0 spiro atoms. The molecule has 0 unspecified atom stereocenters. The average molecular weight is 989 g/mol. The summed E-state index contributed by atoms with van der Waals surface area (Å²) in [5.41, 5.74) is 3.11. The summed E-state index contributed by atoms with van der Waals surface area (Å²) in [7, 11) is -7.43. The number of hydrogen-bond donors (Lipinski definition) is 4. The Bertz CT molecular complexity index is 2380. The van der Waals surface area contributed by atoms with Gasteiger partial charge in [-0.05, 0) is 121 Å². The maximum atomic E-state index is 12.7. The van der Waals surface area contributed by atoms with Crippen LogP contribution in [-0.4, -0.2) is 90.3 Å². The van der Waals surface area contributed by atoms with Gasteiger partial charge >= 0.3 is 41.2 Å². The van der Waals surface area contributed by atoms with Gasteiger partial charge in [-0.25, -0.2) is 9.78 Å². The third-order valence-electron chi connectivity index (χ3n) is 7.34. The van der Waals surface area contributed by atoms with Crippen LogP contribution in [0.5, 0.6) is 0 Å². The first-order valence-electron chi connectivity index (χ1n) is 20.9. The Morgan fingerprint density at radius 3 is 1.14 bits per heavy atom. The molecule has 0 radical (unpaired) electrons. The van der Waals surface area contributed by atoms with E-state index >= 15 is 0 Å². The fourth-order valence-corrected chi connectivity index (χ4v) is 7.16. The summed E-state index contributed by atoms with van der Waals surface area (Å²) in [6, 6.07) is 37.5. The van der Waals surface area contributed by atoms with E-state index in [4.69, 9.17) is 44.3 Å².